The highest BCUT2D eigenvalue weighted by Gasteiger charge is 2.33. The fraction of sp³-hybridized carbons (Fsp3) is 0.700. The first kappa shape index (κ1) is 11.5. The van der Waals surface area contributed by atoms with Gasteiger partial charge in [-0.25, -0.2) is 0 Å². The molecule has 5 nitrogen and oxygen atoms in total. The molecule has 0 spiro atoms. The minimum Gasteiger partial charge on any atom is -0.335 e. The van der Waals surface area contributed by atoms with E-state index in [1.54, 1.807) is 0 Å². The molecule has 1 fully saturated rings. The molecule has 1 aliphatic heterocycles. The third-order valence-corrected chi connectivity index (χ3v) is 3.92. The summed E-state index contributed by atoms with van der Waals surface area (Å²) in [7, 11) is 0. The summed E-state index contributed by atoms with van der Waals surface area (Å²) in [5, 5.41) is 3.87. The Hall–Kier alpha value is -1.01. The van der Waals surface area contributed by atoms with Gasteiger partial charge in [-0.15, -0.1) is 5.10 Å². The summed E-state index contributed by atoms with van der Waals surface area (Å²) >= 11 is 1.17. The van der Waals surface area contributed by atoms with E-state index in [0.29, 0.717) is 17.3 Å². The molecule has 2 rings (SSSR count). The predicted octanol–water partition coefficient (Wildman–Crippen LogP) is 0.656. The number of hydrogen-bond donors (Lipinski definition) is 1. The Balaban J connectivity index is 2.14. The molecule has 1 aromatic rings. The number of likely N-dealkylation sites (tertiary alicyclic amines) is 1. The van der Waals surface area contributed by atoms with Crippen molar-refractivity contribution in [3.63, 3.8) is 0 Å². The Labute approximate surface area is 98.8 Å². The van der Waals surface area contributed by atoms with Gasteiger partial charge in [0.2, 0.25) is 0 Å². The SMILES string of the molecule is Cc1nnsc1C(=O)N1CC(CN)CC1C. The number of nitrogens with zero attached hydrogens (tertiary/aromatic N) is 3. The molecule has 1 saturated heterocycles. The third kappa shape index (κ3) is 1.94. The summed E-state index contributed by atoms with van der Waals surface area (Å²) in [4.78, 5) is 14.8. The summed E-state index contributed by atoms with van der Waals surface area (Å²) in [6, 6.07) is 0.266. The first-order valence-corrected chi connectivity index (χ1v) is 6.20. The molecule has 1 aliphatic rings. The molecule has 16 heavy (non-hydrogen) atoms. The van der Waals surface area contributed by atoms with Crippen molar-refractivity contribution in [2.75, 3.05) is 13.1 Å². The number of amides is 1. The monoisotopic (exact) mass is 240 g/mol. The van der Waals surface area contributed by atoms with Gasteiger partial charge in [-0.1, -0.05) is 4.49 Å². The van der Waals surface area contributed by atoms with E-state index < -0.39 is 0 Å². The van der Waals surface area contributed by atoms with Gasteiger partial charge in [0, 0.05) is 12.6 Å². The van der Waals surface area contributed by atoms with E-state index in [2.05, 4.69) is 16.5 Å². The summed E-state index contributed by atoms with van der Waals surface area (Å²) in [5.41, 5.74) is 6.37. The molecule has 1 amide bonds. The maximum absolute atomic E-state index is 12.2. The lowest BCUT2D eigenvalue weighted by Crippen LogP contribution is -2.34. The molecule has 88 valence electrons. The van der Waals surface area contributed by atoms with Crippen LogP contribution in [0.3, 0.4) is 0 Å². The maximum Gasteiger partial charge on any atom is 0.267 e. The number of aromatic nitrogens is 2. The quantitative estimate of drug-likeness (QED) is 0.824. The zero-order valence-corrected chi connectivity index (χ0v) is 10.3. The highest BCUT2D eigenvalue weighted by Crippen LogP contribution is 2.25. The van der Waals surface area contributed by atoms with Crippen LogP contribution in [0.25, 0.3) is 0 Å². The molecule has 2 N–H and O–H groups in total. The van der Waals surface area contributed by atoms with E-state index in [-0.39, 0.29) is 11.9 Å². The molecule has 1 aromatic heterocycles. The van der Waals surface area contributed by atoms with Gasteiger partial charge in [0.15, 0.2) is 0 Å². The molecular formula is C10H16N4OS. The number of aryl methyl sites for hydroxylation is 1. The van der Waals surface area contributed by atoms with Crippen molar-refractivity contribution in [1.29, 1.82) is 0 Å². The van der Waals surface area contributed by atoms with Crippen molar-refractivity contribution in [2.24, 2.45) is 11.7 Å². The van der Waals surface area contributed by atoms with E-state index >= 15 is 0 Å². The van der Waals surface area contributed by atoms with Crippen LogP contribution in [0.4, 0.5) is 0 Å². The topological polar surface area (TPSA) is 72.1 Å². The van der Waals surface area contributed by atoms with Crippen LogP contribution < -0.4 is 5.73 Å². The Morgan fingerprint density at radius 3 is 2.94 bits per heavy atom. The van der Waals surface area contributed by atoms with Crippen molar-refractivity contribution in [3.05, 3.63) is 10.6 Å². The fourth-order valence-electron chi connectivity index (χ4n) is 2.15. The smallest absolute Gasteiger partial charge is 0.267 e. The van der Waals surface area contributed by atoms with Crippen molar-refractivity contribution in [3.8, 4) is 0 Å². The van der Waals surface area contributed by atoms with Crippen LogP contribution in [0.2, 0.25) is 0 Å². The molecule has 0 aromatic carbocycles. The van der Waals surface area contributed by atoms with Crippen molar-refractivity contribution in [2.45, 2.75) is 26.3 Å². The normalized spacial score (nSPS) is 25.1. The summed E-state index contributed by atoms with van der Waals surface area (Å²) in [6.45, 7) is 5.29. The molecule has 2 heterocycles. The average molecular weight is 240 g/mol. The first-order chi connectivity index (χ1) is 7.63. The van der Waals surface area contributed by atoms with E-state index in [0.717, 1.165) is 18.7 Å². The van der Waals surface area contributed by atoms with Crippen LogP contribution in [0.15, 0.2) is 0 Å². The van der Waals surface area contributed by atoms with Crippen molar-refractivity contribution in [1.82, 2.24) is 14.5 Å². The number of nitrogens with two attached hydrogens (primary N) is 1. The summed E-state index contributed by atoms with van der Waals surface area (Å²) in [5.74, 6) is 0.482. The molecule has 2 unspecified atom stereocenters. The Morgan fingerprint density at radius 2 is 2.44 bits per heavy atom. The third-order valence-electron chi connectivity index (χ3n) is 3.10. The van der Waals surface area contributed by atoms with Gasteiger partial charge in [0.1, 0.15) is 4.88 Å². The maximum atomic E-state index is 12.2. The van der Waals surface area contributed by atoms with E-state index in [9.17, 15) is 4.79 Å². The lowest BCUT2D eigenvalue weighted by molar-refractivity contribution is 0.0747. The zero-order valence-electron chi connectivity index (χ0n) is 9.51. The first-order valence-electron chi connectivity index (χ1n) is 5.43. The Morgan fingerprint density at radius 1 is 1.69 bits per heavy atom. The lowest BCUT2D eigenvalue weighted by Gasteiger charge is -2.20. The molecular weight excluding hydrogens is 224 g/mol. The Bertz CT molecular complexity index is 392. The van der Waals surface area contributed by atoms with Crippen molar-refractivity contribution < 1.29 is 4.79 Å². The fourth-order valence-corrected chi connectivity index (χ4v) is 2.77. The van der Waals surface area contributed by atoms with Gasteiger partial charge in [0.25, 0.3) is 5.91 Å². The lowest BCUT2D eigenvalue weighted by atomic mass is 10.1. The van der Waals surface area contributed by atoms with E-state index in [4.69, 9.17) is 5.73 Å². The van der Waals surface area contributed by atoms with Crippen LogP contribution in [0, 0.1) is 12.8 Å². The van der Waals surface area contributed by atoms with Crippen LogP contribution >= 0.6 is 11.5 Å². The zero-order chi connectivity index (χ0) is 11.7. The minimum atomic E-state index is 0.0518. The van der Waals surface area contributed by atoms with Crippen LogP contribution in [0.5, 0.6) is 0 Å². The molecule has 0 aliphatic carbocycles. The highest BCUT2D eigenvalue weighted by molar-refractivity contribution is 7.07. The van der Waals surface area contributed by atoms with E-state index in [1.807, 2.05) is 11.8 Å². The van der Waals surface area contributed by atoms with Gasteiger partial charge in [-0.2, -0.15) is 0 Å². The standard InChI is InChI=1S/C10H16N4OS/c1-6-3-8(4-11)5-14(6)10(15)9-7(2)12-13-16-9/h6,8H,3-5,11H2,1-2H3. The number of carbonyl (C=O) groups excluding carboxylic acids is 1. The largest absolute Gasteiger partial charge is 0.335 e. The second kappa shape index (κ2) is 4.47. The van der Waals surface area contributed by atoms with Gasteiger partial charge in [0.05, 0.1) is 5.69 Å². The average Bonchev–Trinajstić information content (AvgIpc) is 2.83. The molecule has 6 heteroatoms. The van der Waals surface area contributed by atoms with Crippen LogP contribution in [-0.4, -0.2) is 39.5 Å². The van der Waals surface area contributed by atoms with Crippen LogP contribution in [-0.2, 0) is 0 Å². The molecule has 2 atom stereocenters. The predicted molar refractivity (Wildman–Crippen MR) is 62.3 cm³/mol. The second-order valence-electron chi connectivity index (χ2n) is 4.33. The molecule has 0 radical (unpaired) electrons. The summed E-state index contributed by atoms with van der Waals surface area (Å²) in [6.07, 6.45) is 0.994. The van der Waals surface area contributed by atoms with Gasteiger partial charge in [-0.05, 0) is 44.3 Å². The number of rotatable bonds is 2. The summed E-state index contributed by atoms with van der Waals surface area (Å²) < 4.78 is 3.80. The minimum absolute atomic E-state index is 0.0518. The second-order valence-corrected chi connectivity index (χ2v) is 5.09. The van der Waals surface area contributed by atoms with Gasteiger partial charge < -0.3 is 10.6 Å². The van der Waals surface area contributed by atoms with Crippen LogP contribution in [0.1, 0.15) is 28.7 Å². The highest BCUT2D eigenvalue weighted by atomic mass is 32.1. The molecule has 0 bridgehead atoms. The van der Waals surface area contributed by atoms with Gasteiger partial charge >= 0.3 is 0 Å². The van der Waals surface area contributed by atoms with Gasteiger partial charge in [-0.3, -0.25) is 4.79 Å². The molecule has 0 saturated carbocycles. The Kier molecular flexibility index (Phi) is 3.20. The number of carbonyl (C=O) groups is 1. The van der Waals surface area contributed by atoms with Crippen molar-refractivity contribution >= 4 is 17.4 Å². The van der Waals surface area contributed by atoms with E-state index in [1.165, 1.54) is 11.5 Å². The number of hydrogen-bond acceptors (Lipinski definition) is 5.